The van der Waals surface area contributed by atoms with E-state index in [0.29, 0.717) is 19.6 Å². The Labute approximate surface area is 157 Å². The number of nitrogens with one attached hydrogen (secondary N) is 1. The Balaban J connectivity index is 1.26. The number of carbonyl (C=O) groups excluding carboxylic acids is 1. The zero-order chi connectivity index (χ0) is 17.9. The van der Waals surface area contributed by atoms with Crippen molar-refractivity contribution in [1.29, 1.82) is 0 Å². The lowest BCUT2D eigenvalue weighted by Gasteiger charge is -2.34. The molecule has 138 valence electrons. The van der Waals surface area contributed by atoms with E-state index in [4.69, 9.17) is 4.74 Å². The van der Waals surface area contributed by atoms with Gasteiger partial charge in [-0.05, 0) is 47.4 Å². The van der Waals surface area contributed by atoms with Crippen molar-refractivity contribution in [3.05, 3.63) is 51.7 Å². The third-order valence-corrected chi connectivity index (χ3v) is 6.25. The fourth-order valence-electron chi connectivity index (χ4n) is 3.75. The van der Waals surface area contributed by atoms with E-state index in [1.54, 1.807) is 11.3 Å². The Morgan fingerprint density at radius 1 is 1.35 bits per heavy atom. The average Bonchev–Trinajstić information content (AvgIpc) is 3.37. The van der Waals surface area contributed by atoms with Gasteiger partial charge < -0.3 is 20.1 Å². The first-order chi connectivity index (χ1) is 12.7. The highest BCUT2D eigenvalue weighted by Gasteiger charge is 2.28. The second-order valence-electron chi connectivity index (χ2n) is 6.98. The molecule has 5 nitrogen and oxygen atoms in total. The van der Waals surface area contributed by atoms with Gasteiger partial charge in [0, 0.05) is 30.9 Å². The number of nitrogens with zero attached hydrogens (tertiary/aromatic N) is 1. The molecule has 1 aromatic carbocycles. The quantitative estimate of drug-likeness (QED) is 0.865. The molecule has 1 saturated heterocycles. The van der Waals surface area contributed by atoms with Crippen LogP contribution in [0, 0.1) is 5.92 Å². The van der Waals surface area contributed by atoms with Gasteiger partial charge in [0.1, 0.15) is 5.75 Å². The number of hydrogen-bond donors (Lipinski definition) is 2. The maximum absolute atomic E-state index is 12.4. The molecule has 0 bridgehead atoms. The molecule has 6 heteroatoms. The number of amides is 2. The van der Waals surface area contributed by atoms with Gasteiger partial charge in [-0.25, -0.2) is 4.79 Å². The highest BCUT2D eigenvalue weighted by atomic mass is 32.1. The lowest BCUT2D eigenvalue weighted by atomic mass is 9.90. The standard InChI is InChI=1S/C20H24N2O3S/c23-19(18-2-1-11-26-18)15-5-8-22(9-6-15)20(24)21-13-14-3-4-17-16(12-14)7-10-25-17/h1-4,11-12,15,19,23H,5-10,13H2,(H,21,24). The molecule has 2 aliphatic heterocycles. The van der Waals surface area contributed by atoms with Gasteiger partial charge in [-0.3, -0.25) is 0 Å². The third kappa shape index (κ3) is 3.71. The number of likely N-dealkylation sites (tertiary alicyclic amines) is 1. The molecule has 0 aliphatic carbocycles. The van der Waals surface area contributed by atoms with E-state index in [0.717, 1.165) is 42.1 Å². The number of carbonyl (C=O) groups is 1. The first-order valence-electron chi connectivity index (χ1n) is 9.19. The molecule has 26 heavy (non-hydrogen) atoms. The van der Waals surface area contributed by atoms with Crippen LogP contribution in [0.2, 0.25) is 0 Å². The van der Waals surface area contributed by atoms with Crippen LogP contribution in [-0.2, 0) is 13.0 Å². The summed E-state index contributed by atoms with van der Waals surface area (Å²) >= 11 is 1.59. The summed E-state index contributed by atoms with van der Waals surface area (Å²) in [6.07, 6.45) is 2.21. The van der Waals surface area contributed by atoms with E-state index < -0.39 is 6.10 Å². The van der Waals surface area contributed by atoms with E-state index in [1.807, 2.05) is 34.5 Å². The van der Waals surface area contributed by atoms with Crippen molar-refractivity contribution >= 4 is 17.4 Å². The van der Waals surface area contributed by atoms with E-state index >= 15 is 0 Å². The molecular formula is C20H24N2O3S. The van der Waals surface area contributed by atoms with Crippen molar-refractivity contribution in [3.8, 4) is 5.75 Å². The van der Waals surface area contributed by atoms with Gasteiger partial charge in [0.05, 0.1) is 12.7 Å². The Morgan fingerprint density at radius 3 is 2.96 bits per heavy atom. The lowest BCUT2D eigenvalue weighted by molar-refractivity contribution is 0.0689. The van der Waals surface area contributed by atoms with Crippen molar-refractivity contribution in [2.24, 2.45) is 5.92 Å². The van der Waals surface area contributed by atoms with Gasteiger partial charge in [0.25, 0.3) is 0 Å². The molecule has 2 amide bonds. The van der Waals surface area contributed by atoms with Crippen LogP contribution < -0.4 is 10.1 Å². The minimum Gasteiger partial charge on any atom is -0.493 e. The molecule has 0 radical (unpaired) electrons. The number of rotatable bonds is 4. The number of hydrogen-bond acceptors (Lipinski definition) is 4. The topological polar surface area (TPSA) is 61.8 Å². The van der Waals surface area contributed by atoms with Crippen LogP contribution >= 0.6 is 11.3 Å². The van der Waals surface area contributed by atoms with Gasteiger partial charge in [0.15, 0.2) is 0 Å². The number of benzene rings is 1. The van der Waals surface area contributed by atoms with Crippen LogP contribution in [0.15, 0.2) is 35.7 Å². The Morgan fingerprint density at radius 2 is 2.19 bits per heavy atom. The fraction of sp³-hybridized carbons (Fsp3) is 0.450. The molecular weight excluding hydrogens is 348 g/mol. The highest BCUT2D eigenvalue weighted by Crippen LogP contribution is 2.33. The van der Waals surface area contributed by atoms with Gasteiger partial charge in [-0.1, -0.05) is 18.2 Å². The van der Waals surface area contributed by atoms with Gasteiger partial charge in [-0.2, -0.15) is 0 Å². The van der Waals surface area contributed by atoms with Crippen LogP contribution in [0.4, 0.5) is 4.79 Å². The van der Waals surface area contributed by atoms with E-state index in [-0.39, 0.29) is 11.9 Å². The summed E-state index contributed by atoms with van der Waals surface area (Å²) < 4.78 is 5.51. The predicted octanol–water partition coefficient (Wildman–Crippen LogP) is 3.34. The van der Waals surface area contributed by atoms with Crippen LogP contribution in [-0.4, -0.2) is 35.7 Å². The number of fused-ring (bicyclic) bond motifs is 1. The average molecular weight is 372 g/mol. The van der Waals surface area contributed by atoms with Crippen LogP contribution in [0.25, 0.3) is 0 Å². The first kappa shape index (κ1) is 17.4. The van der Waals surface area contributed by atoms with Gasteiger partial charge in [0.2, 0.25) is 0 Å². The zero-order valence-electron chi connectivity index (χ0n) is 14.7. The number of ether oxygens (including phenoxy) is 1. The smallest absolute Gasteiger partial charge is 0.317 e. The van der Waals surface area contributed by atoms with Crippen LogP contribution in [0.3, 0.4) is 0 Å². The summed E-state index contributed by atoms with van der Waals surface area (Å²) in [7, 11) is 0. The molecule has 0 saturated carbocycles. The molecule has 4 rings (SSSR count). The summed E-state index contributed by atoms with van der Waals surface area (Å²) in [6, 6.07) is 10.0. The molecule has 1 atom stereocenters. The second-order valence-corrected chi connectivity index (χ2v) is 7.96. The summed E-state index contributed by atoms with van der Waals surface area (Å²) in [5.41, 5.74) is 2.32. The fourth-order valence-corrected chi connectivity index (χ4v) is 4.55. The number of urea groups is 1. The van der Waals surface area contributed by atoms with E-state index in [2.05, 4.69) is 11.4 Å². The summed E-state index contributed by atoms with van der Waals surface area (Å²) in [5, 5.41) is 15.5. The summed E-state index contributed by atoms with van der Waals surface area (Å²) in [6.45, 7) is 2.66. The second kappa shape index (κ2) is 7.68. The minimum atomic E-state index is -0.408. The minimum absolute atomic E-state index is 0.0224. The largest absolute Gasteiger partial charge is 0.493 e. The zero-order valence-corrected chi connectivity index (χ0v) is 15.5. The predicted molar refractivity (Wildman–Crippen MR) is 101 cm³/mol. The number of piperidine rings is 1. The molecule has 1 aromatic heterocycles. The normalized spacial score (nSPS) is 18.3. The monoisotopic (exact) mass is 372 g/mol. The van der Waals surface area contributed by atoms with Crippen molar-refractivity contribution < 1.29 is 14.6 Å². The molecule has 1 fully saturated rings. The Bertz CT molecular complexity index is 754. The van der Waals surface area contributed by atoms with Crippen LogP contribution in [0.5, 0.6) is 5.75 Å². The van der Waals surface area contributed by atoms with Gasteiger partial charge in [-0.15, -0.1) is 11.3 Å². The van der Waals surface area contributed by atoms with Crippen molar-refractivity contribution in [2.45, 2.75) is 31.9 Å². The van der Waals surface area contributed by atoms with Gasteiger partial charge >= 0.3 is 6.03 Å². The molecule has 2 aliphatic rings. The molecule has 2 aromatic rings. The maximum atomic E-state index is 12.4. The van der Waals surface area contributed by atoms with Crippen molar-refractivity contribution in [3.63, 3.8) is 0 Å². The number of thiophene rings is 1. The van der Waals surface area contributed by atoms with Crippen LogP contribution in [0.1, 0.15) is 34.9 Å². The Hall–Kier alpha value is -2.05. The summed E-state index contributed by atoms with van der Waals surface area (Å²) in [4.78, 5) is 15.3. The molecule has 2 N–H and O–H groups in total. The highest BCUT2D eigenvalue weighted by molar-refractivity contribution is 7.10. The SMILES string of the molecule is O=C(NCc1ccc2c(c1)CCO2)N1CCC(C(O)c2cccs2)CC1. The molecule has 1 unspecified atom stereocenters. The molecule has 3 heterocycles. The Kier molecular flexibility index (Phi) is 5.13. The maximum Gasteiger partial charge on any atom is 0.317 e. The van der Waals surface area contributed by atoms with Crippen molar-refractivity contribution in [1.82, 2.24) is 10.2 Å². The first-order valence-corrected chi connectivity index (χ1v) is 10.1. The van der Waals surface area contributed by atoms with Crippen molar-refractivity contribution in [2.75, 3.05) is 19.7 Å². The van der Waals surface area contributed by atoms with E-state index in [1.165, 1.54) is 5.56 Å². The number of aliphatic hydroxyl groups excluding tert-OH is 1. The molecule has 0 spiro atoms. The number of aliphatic hydroxyl groups is 1. The lowest BCUT2D eigenvalue weighted by Crippen LogP contribution is -2.44. The van der Waals surface area contributed by atoms with E-state index in [9.17, 15) is 9.90 Å². The summed E-state index contributed by atoms with van der Waals surface area (Å²) in [5.74, 6) is 1.20. The third-order valence-electron chi connectivity index (χ3n) is 5.31.